The molecule has 0 aromatic heterocycles. The average molecular weight is 465 g/mol. The van der Waals surface area contributed by atoms with Gasteiger partial charge >= 0.3 is 0 Å². The Balaban J connectivity index is 1.73. The van der Waals surface area contributed by atoms with Crippen LogP contribution in [0.1, 0.15) is 12.0 Å². The van der Waals surface area contributed by atoms with Crippen molar-refractivity contribution in [3.05, 3.63) is 64.4 Å². The molecular weight excluding hydrogens is 442 g/mol. The normalized spacial score (nSPS) is 13.8. The molecule has 0 atom stereocenters. The molecule has 0 aliphatic carbocycles. The maximum absolute atomic E-state index is 13.4. The molecule has 1 aliphatic rings. The first-order chi connectivity index (χ1) is 14.8. The van der Waals surface area contributed by atoms with E-state index < -0.39 is 5.82 Å². The van der Waals surface area contributed by atoms with E-state index in [4.69, 9.17) is 27.9 Å². The van der Waals surface area contributed by atoms with Crippen LogP contribution in [0.25, 0.3) is 11.1 Å². The molecule has 0 N–H and O–H groups in total. The second-order valence-electron chi connectivity index (χ2n) is 7.18. The molecule has 0 unspecified atom stereocenters. The number of ether oxygens (including phenoxy) is 1. The molecule has 2 aromatic rings. The number of benzene rings is 2. The van der Waals surface area contributed by atoms with Crippen LogP contribution in [0, 0.1) is 5.82 Å². The second-order valence-corrected chi connectivity index (χ2v) is 7.99. The van der Waals surface area contributed by atoms with Gasteiger partial charge in [0.2, 0.25) is 11.8 Å². The van der Waals surface area contributed by atoms with Crippen LogP contribution < -0.4 is 4.74 Å². The zero-order chi connectivity index (χ0) is 22.5. The topological polar surface area (TPSA) is 49.9 Å². The quantitative estimate of drug-likeness (QED) is 0.587. The predicted molar refractivity (Wildman–Crippen MR) is 120 cm³/mol. The van der Waals surface area contributed by atoms with Gasteiger partial charge in [0.1, 0.15) is 11.6 Å². The highest BCUT2D eigenvalue weighted by Crippen LogP contribution is 2.38. The van der Waals surface area contributed by atoms with E-state index in [1.807, 2.05) is 6.07 Å². The summed E-state index contributed by atoms with van der Waals surface area (Å²) >= 11 is 12.6. The molecule has 3 rings (SSSR count). The van der Waals surface area contributed by atoms with Crippen LogP contribution in [-0.2, 0) is 16.0 Å². The fourth-order valence-corrected chi connectivity index (χ4v) is 4.13. The molecule has 31 heavy (non-hydrogen) atoms. The summed E-state index contributed by atoms with van der Waals surface area (Å²) in [5, 5.41) is 0.671. The highest BCUT2D eigenvalue weighted by Gasteiger charge is 2.23. The molecule has 0 bridgehead atoms. The Bertz CT molecular complexity index is 1000. The molecule has 2 aromatic carbocycles. The Hall–Kier alpha value is -2.57. The summed E-state index contributed by atoms with van der Waals surface area (Å²) in [4.78, 5) is 27.8. The number of piperazine rings is 1. The van der Waals surface area contributed by atoms with Crippen molar-refractivity contribution < 1.29 is 18.7 Å². The van der Waals surface area contributed by atoms with E-state index in [1.165, 1.54) is 25.3 Å². The largest absolute Gasteiger partial charge is 0.496 e. The van der Waals surface area contributed by atoms with Crippen LogP contribution in [0.4, 0.5) is 4.39 Å². The Morgan fingerprint density at radius 1 is 1.06 bits per heavy atom. The van der Waals surface area contributed by atoms with Crippen molar-refractivity contribution >= 4 is 35.0 Å². The summed E-state index contributed by atoms with van der Waals surface area (Å²) in [5.41, 5.74) is 2.05. The summed E-state index contributed by atoms with van der Waals surface area (Å²) in [7, 11) is 1.54. The maximum Gasteiger partial charge on any atom is 0.246 e. The van der Waals surface area contributed by atoms with Gasteiger partial charge in [-0.25, -0.2) is 4.39 Å². The highest BCUT2D eigenvalue weighted by atomic mass is 35.5. The molecule has 1 saturated heterocycles. The van der Waals surface area contributed by atoms with Gasteiger partial charge in [-0.05, 0) is 48.4 Å². The monoisotopic (exact) mass is 464 g/mol. The van der Waals surface area contributed by atoms with Crippen molar-refractivity contribution in [3.63, 3.8) is 0 Å². The van der Waals surface area contributed by atoms with E-state index in [1.54, 1.807) is 21.9 Å². The number of halogens is 3. The van der Waals surface area contributed by atoms with Gasteiger partial charge in [0.15, 0.2) is 0 Å². The van der Waals surface area contributed by atoms with Gasteiger partial charge in [0.25, 0.3) is 0 Å². The van der Waals surface area contributed by atoms with Crippen molar-refractivity contribution in [2.24, 2.45) is 0 Å². The lowest BCUT2D eigenvalue weighted by atomic mass is 9.99. The number of rotatable bonds is 6. The molecule has 8 heteroatoms. The van der Waals surface area contributed by atoms with Crippen molar-refractivity contribution in [3.8, 4) is 16.9 Å². The second kappa shape index (κ2) is 10.2. The predicted octanol–water partition coefficient (Wildman–Crippen LogP) is 4.60. The van der Waals surface area contributed by atoms with Crippen LogP contribution in [-0.4, -0.2) is 54.9 Å². The Kier molecular flexibility index (Phi) is 7.57. The highest BCUT2D eigenvalue weighted by molar-refractivity contribution is 6.36. The first-order valence-electron chi connectivity index (χ1n) is 9.85. The van der Waals surface area contributed by atoms with Crippen LogP contribution in [0.5, 0.6) is 5.75 Å². The molecule has 1 aliphatic heterocycles. The number of methoxy groups -OCH3 is 1. The Morgan fingerprint density at radius 2 is 1.71 bits per heavy atom. The van der Waals surface area contributed by atoms with E-state index in [0.717, 1.165) is 5.56 Å². The summed E-state index contributed by atoms with van der Waals surface area (Å²) in [5.74, 6) is 0.0225. The standard InChI is InChI=1S/C23H23Cl2FN2O3/c1-3-22(29)27-8-10-28(11-9-27)23(30)7-4-15-12-18(20(25)14-21(15)31-2)17-6-5-16(26)13-19(17)24/h3,5-6,12-14H,1,4,7-11H2,2H3. The summed E-state index contributed by atoms with van der Waals surface area (Å²) in [6, 6.07) is 7.63. The average Bonchev–Trinajstić information content (AvgIpc) is 2.77. The number of hydrogen-bond donors (Lipinski definition) is 0. The van der Waals surface area contributed by atoms with Crippen LogP contribution >= 0.6 is 23.2 Å². The number of nitrogens with zero attached hydrogens (tertiary/aromatic N) is 2. The molecule has 0 spiro atoms. The maximum atomic E-state index is 13.4. The minimum Gasteiger partial charge on any atom is -0.496 e. The number of carbonyl (C=O) groups is 2. The first kappa shape index (κ1) is 23.1. The van der Waals surface area contributed by atoms with E-state index in [9.17, 15) is 14.0 Å². The third-order valence-corrected chi connectivity index (χ3v) is 5.94. The molecule has 2 amide bonds. The van der Waals surface area contributed by atoms with Crippen molar-refractivity contribution in [1.82, 2.24) is 9.80 Å². The van der Waals surface area contributed by atoms with Crippen molar-refractivity contribution in [1.29, 1.82) is 0 Å². The molecular formula is C23H23Cl2FN2O3. The molecule has 5 nitrogen and oxygen atoms in total. The van der Waals surface area contributed by atoms with Crippen LogP contribution in [0.3, 0.4) is 0 Å². The first-order valence-corrected chi connectivity index (χ1v) is 10.6. The zero-order valence-corrected chi connectivity index (χ0v) is 18.7. The van der Waals surface area contributed by atoms with Gasteiger partial charge in [-0.3, -0.25) is 9.59 Å². The zero-order valence-electron chi connectivity index (χ0n) is 17.2. The third-order valence-electron chi connectivity index (χ3n) is 5.32. The van der Waals surface area contributed by atoms with E-state index in [2.05, 4.69) is 6.58 Å². The van der Waals surface area contributed by atoms with E-state index in [-0.39, 0.29) is 23.3 Å². The van der Waals surface area contributed by atoms with Crippen LogP contribution in [0.2, 0.25) is 10.0 Å². The van der Waals surface area contributed by atoms with Gasteiger partial charge in [-0.15, -0.1) is 0 Å². The number of hydrogen-bond acceptors (Lipinski definition) is 3. The van der Waals surface area contributed by atoms with Gasteiger partial charge in [0.05, 0.1) is 17.2 Å². The van der Waals surface area contributed by atoms with Crippen molar-refractivity contribution in [2.45, 2.75) is 12.8 Å². The number of aryl methyl sites for hydroxylation is 1. The summed E-state index contributed by atoms with van der Waals surface area (Å²) in [6.07, 6.45) is 2.01. The third kappa shape index (κ3) is 5.38. The van der Waals surface area contributed by atoms with Gasteiger partial charge in [-0.1, -0.05) is 29.8 Å². The lowest BCUT2D eigenvalue weighted by Gasteiger charge is -2.34. The molecule has 1 fully saturated rings. The smallest absolute Gasteiger partial charge is 0.246 e. The lowest BCUT2D eigenvalue weighted by Crippen LogP contribution is -2.50. The van der Waals surface area contributed by atoms with Crippen LogP contribution in [0.15, 0.2) is 43.0 Å². The minimum atomic E-state index is -0.431. The summed E-state index contributed by atoms with van der Waals surface area (Å²) < 4.78 is 18.9. The molecule has 1 heterocycles. The SMILES string of the molecule is C=CC(=O)N1CCN(C(=O)CCc2cc(-c3ccc(F)cc3Cl)c(Cl)cc2OC)CC1. The number of amides is 2. The number of carbonyl (C=O) groups excluding carboxylic acids is 2. The molecule has 0 saturated carbocycles. The van der Waals surface area contributed by atoms with Gasteiger partial charge in [0, 0.05) is 43.7 Å². The summed E-state index contributed by atoms with van der Waals surface area (Å²) in [6.45, 7) is 5.47. The molecule has 0 radical (unpaired) electrons. The fourth-order valence-electron chi connectivity index (χ4n) is 3.60. The Labute approximate surface area is 191 Å². The fraction of sp³-hybridized carbons (Fsp3) is 0.304. The Morgan fingerprint density at radius 3 is 2.32 bits per heavy atom. The van der Waals surface area contributed by atoms with E-state index >= 15 is 0 Å². The lowest BCUT2D eigenvalue weighted by molar-refractivity contribution is -0.137. The van der Waals surface area contributed by atoms with Crippen molar-refractivity contribution in [2.75, 3.05) is 33.3 Å². The van der Waals surface area contributed by atoms with E-state index in [0.29, 0.717) is 54.5 Å². The van der Waals surface area contributed by atoms with Gasteiger partial charge in [-0.2, -0.15) is 0 Å². The minimum absolute atomic E-state index is 0.00377. The molecule has 164 valence electrons. The van der Waals surface area contributed by atoms with Gasteiger partial charge < -0.3 is 14.5 Å².